The van der Waals surface area contributed by atoms with Crippen LogP contribution in [-0.2, 0) is 10.0 Å². The van der Waals surface area contributed by atoms with Crippen molar-refractivity contribution in [1.82, 2.24) is 4.31 Å². The molecule has 0 aliphatic carbocycles. The minimum atomic E-state index is -3.50. The van der Waals surface area contributed by atoms with Crippen LogP contribution in [0.1, 0.15) is 25.5 Å². The first kappa shape index (κ1) is 15.1. The summed E-state index contributed by atoms with van der Waals surface area (Å²) in [6, 6.07) is 3.64. The standard InChI is InChI=1S/C13H19NO5S/c1-13(2)12(16)11(14(3)20(4,17)18)9-7-8(15)5-6-10(9)19-13/h5-7,11-12,15-16H,1-4H3. The second-order valence-electron chi connectivity index (χ2n) is 5.60. The van der Waals surface area contributed by atoms with Gasteiger partial charge in [-0.3, -0.25) is 0 Å². The van der Waals surface area contributed by atoms with Crippen LogP contribution in [0.4, 0.5) is 0 Å². The Kier molecular flexibility index (Phi) is 3.48. The Balaban J connectivity index is 2.62. The van der Waals surface area contributed by atoms with Crippen LogP contribution in [-0.4, -0.2) is 47.9 Å². The molecule has 2 unspecified atom stereocenters. The summed E-state index contributed by atoms with van der Waals surface area (Å²) in [6.45, 7) is 3.38. The zero-order valence-electron chi connectivity index (χ0n) is 11.9. The number of nitrogens with zero attached hydrogens (tertiary/aromatic N) is 1. The molecule has 0 saturated carbocycles. The molecule has 1 aliphatic heterocycles. The minimum Gasteiger partial charge on any atom is -0.508 e. The first-order valence-corrected chi connectivity index (χ1v) is 8.02. The van der Waals surface area contributed by atoms with Gasteiger partial charge in [0, 0.05) is 12.6 Å². The molecule has 20 heavy (non-hydrogen) atoms. The summed E-state index contributed by atoms with van der Waals surface area (Å²) in [5.74, 6) is 0.449. The summed E-state index contributed by atoms with van der Waals surface area (Å²) in [6.07, 6.45) is 0.0153. The third-order valence-corrected chi connectivity index (χ3v) is 4.88. The number of ether oxygens (including phenoxy) is 1. The number of aliphatic hydroxyl groups is 1. The predicted octanol–water partition coefficient (Wildman–Crippen LogP) is 0.857. The topological polar surface area (TPSA) is 87.1 Å². The molecule has 0 bridgehead atoms. The molecule has 0 fully saturated rings. The highest BCUT2D eigenvalue weighted by atomic mass is 32.2. The molecule has 1 heterocycles. The minimum absolute atomic E-state index is 0.00819. The van der Waals surface area contributed by atoms with Crippen LogP contribution in [0, 0.1) is 0 Å². The maximum Gasteiger partial charge on any atom is 0.211 e. The third-order valence-electron chi connectivity index (χ3n) is 3.61. The van der Waals surface area contributed by atoms with Crippen molar-refractivity contribution in [1.29, 1.82) is 0 Å². The molecule has 0 saturated heterocycles. The molecule has 112 valence electrons. The van der Waals surface area contributed by atoms with Crippen molar-refractivity contribution in [3.8, 4) is 11.5 Å². The van der Waals surface area contributed by atoms with E-state index in [1.165, 1.54) is 19.2 Å². The van der Waals surface area contributed by atoms with Crippen LogP contribution < -0.4 is 4.74 Å². The van der Waals surface area contributed by atoms with Gasteiger partial charge in [-0.1, -0.05) is 0 Å². The number of phenolic OH excluding ortho intramolecular Hbond substituents is 1. The average Bonchev–Trinajstić information content (AvgIpc) is 2.30. The third kappa shape index (κ3) is 2.48. The lowest BCUT2D eigenvalue weighted by atomic mass is 9.86. The number of hydrogen-bond donors (Lipinski definition) is 2. The molecule has 0 aromatic heterocycles. The Morgan fingerprint density at radius 2 is 1.95 bits per heavy atom. The molecular weight excluding hydrogens is 282 g/mol. The van der Waals surface area contributed by atoms with Gasteiger partial charge in [0.1, 0.15) is 23.2 Å². The van der Waals surface area contributed by atoms with Gasteiger partial charge >= 0.3 is 0 Å². The quantitative estimate of drug-likeness (QED) is 0.846. The van der Waals surface area contributed by atoms with E-state index in [4.69, 9.17) is 4.74 Å². The zero-order chi connectivity index (χ0) is 15.3. The van der Waals surface area contributed by atoms with Crippen molar-refractivity contribution in [3.05, 3.63) is 23.8 Å². The Morgan fingerprint density at radius 3 is 2.50 bits per heavy atom. The van der Waals surface area contributed by atoms with Crippen LogP contribution in [0.2, 0.25) is 0 Å². The fourth-order valence-corrected chi connectivity index (χ4v) is 3.00. The summed E-state index contributed by atoms with van der Waals surface area (Å²) in [5.41, 5.74) is -0.488. The van der Waals surface area contributed by atoms with Crippen LogP contribution in [0.5, 0.6) is 11.5 Å². The lowest BCUT2D eigenvalue weighted by Gasteiger charge is -2.44. The Morgan fingerprint density at radius 1 is 1.35 bits per heavy atom. The molecule has 2 N–H and O–H groups in total. The SMILES string of the molecule is CN(C1c2cc(O)ccc2OC(C)(C)C1O)S(C)(=O)=O. The predicted molar refractivity (Wildman–Crippen MR) is 74.2 cm³/mol. The van der Waals surface area contributed by atoms with Crippen molar-refractivity contribution in [3.63, 3.8) is 0 Å². The van der Waals surface area contributed by atoms with E-state index < -0.39 is 27.8 Å². The number of benzene rings is 1. The Hall–Kier alpha value is -1.31. The van der Waals surface area contributed by atoms with E-state index in [2.05, 4.69) is 0 Å². The molecule has 2 atom stereocenters. The maximum absolute atomic E-state index is 11.8. The number of phenols is 1. The molecule has 2 rings (SSSR count). The summed E-state index contributed by atoms with van der Waals surface area (Å²) in [5, 5.41) is 20.1. The molecule has 6 nitrogen and oxygen atoms in total. The van der Waals surface area contributed by atoms with Gasteiger partial charge in [-0.15, -0.1) is 0 Å². The fourth-order valence-electron chi connectivity index (χ4n) is 2.35. The lowest BCUT2D eigenvalue weighted by molar-refractivity contribution is -0.0763. The van der Waals surface area contributed by atoms with Gasteiger partial charge in [0.25, 0.3) is 0 Å². The summed E-state index contributed by atoms with van der Waals surface area (Å²) < 4.78 is 30.4. The maximum atomic E-state index is 11.8. The van der Waals surface area contributed by atoms with E-state index in [9.17, 15) is 18.6 Å². The van der Waals surface area contributed by atoms with Gasteiger partial charge in [-0.05, 0) is 32.0 Å². The molecule has 7 heteroatoms. The van der Waals surface area contributed by atoms with Gasteiger partial charge in [-0.2, -0.15) is 4.31 Å². The first-order valence-electron chi connectivity index (χ1n) is 6.17. The monoisotopic (exact) mass is 301 g/mol. The van der Waals surface area contributed by atoms with Crippen molar-refractivity contribution < 1.29 is 23.4 Å². The number of aromatic hydroxyl groups is 1. The molecule has 0 radical (unpaired) electrons. The van der Waals surface area contributed by atoms with Crippen molar-refractivity contribution in [2.24, 2.45) is 0 Å². The molecule has 0 spiro atoms. The fraction of sp³-hybridized carbons (Fsp3) is 0.538. The highest BCUT2D eigenvalue weighted by molar-refractivity contribution is 7.88. The largest absolute Gasteiger partial charge is 0.508 e. The van der Waals surface area contributed by atoms with Gasteiger partial charge in [0.05, 0.1) is 12.3 Å². The second-order valence-corrected chi connectivity index (χ2v) is 7.64. The van der Waals surface area contributed by atoms with Gasteiger partial charge in [-0.25, -0.2) is 8.42 Å². The van der Waals surface area contributed by atoms with Crippen molar-refractivity contribution in [2.45, 2.75) is 31.6 Å². The molecule has 1 aromatic rings. The van der Waals surface area contributed by atoms with Crippen LogP contribution in [0.15, 0.2) is 18.2 Å². The summed E-state index contributed by atoms with van der Waals surface area (Å²) >= 11 is 0. The number of sulfonamides is 1. The smallest absolute Gasteiger partial charge is 0.211 e. The van der Waals surface area contributed by atoms with Crippen LogP contribution in [0.25, 0.3) is 0 Å². The number of fused-ring (bicyclic) bond motifs is 1. The number of rotatable bonds is 2. The average molecular weight is 301 g/mol. The molecular formula is C13H19NO5S. The number of likely N-dealkylation sites (N-methyl/N-ethyl adjacent to an activating group) is 1. The van der Waals surface area contributed by atoms with E-state index in [0.29, 0.717) is 11.3 Å². The van der Waals surface area contributed by atoms with Crippen LogP contribution >= 0.6 is 0 Å². The highest BCUT2D eigenvalue weighted by Crippen LogP contribution is 2.44. The molecule has 0 amide bonds. The lowest BCUT2D eigenvalue weighted by Crippen LogP contribution is -2.53. The number of aliphatic hydroxyl groups excluding tert-OH is 1. The van der Waals surface area contributed by atoms with Gasteiger partial charge in [0.2, 0.25) is 10.0 Å². The Labute approximate surface area is 118 Å². The Bertz CT molecular complexity index is 626. The molecule has 1 aliphatic rings. The van der Waals surface area contributed by atoms with E-state index in [0.717, 1.165) is 10.6 Å². The van der Waals surface area contributed by atoms with Crippen molar-refractivity contribution >= 4 is 10.0 Å². The van der Waals surface area contributed by atoms with E-state index in [-0.39, 0.29) is 5.75 Å². The second kappa shape index (κ2) is 4.61. The summed E-state index contributed by atoms with van der Waals surface area (Å²) in [4.78, 5) is 0. The van der Waals surface area contributed by atoms with Crippen LogP contribution in [0.3, 0.4) is 0 Å². The highest BCUT2D eigenvalue weighted by Gasteiger charge is 2.46. The van der Waals surface area contributed by atoms with E-state index in [1.54, 1.807) is 19.9 Å². The van der Waals surface area contributed by atoms with Crippen molar-refractivity contribution in [2.75, 3.05) is 13.3 Å². The van der Waals surface area contributed by atoms with Gasteiger partial charge < -0.3 is 14.9 Å². The normalized spacial score (nSPS) is 25.1. The van der Waals surface area contributed by atoms with E-state index >= 15 is 0 Å². The number of hydrogen-bond acceptors (Lipinski definition) is 5. The van der Waals surface area contributed by atoms with Gasteiger partial charge in [0.15, 0.2) is 0 Å². The summed E-state index contributed by atoms with van der Waals surface area (Å²) in [7, 11) is -2.10. The zero-order valence-corrected chi connectivity index (χ0v) is 12.7. The molecule has 1 aromatic carbocycles. The first-order chi connectivity index (χ1) is 9.04. The van der Waals surface area contributed by atoms with E-state index in [1.807, 2.05) is 0 Å².